The summed E-state index contributed by atoms with van der Waals surface area (Å²) in [5.74, 6) is 0. The molecule has 0 aliphatic rings. The average Bonchev–Trinajstić information content (AvgIpc) is 2.41. The standard InChI is InChI=1S/C11H24O4Si5/c1-20(2,3)15-19-14-18-13-17-12-16-10-9-11-7-5-4-6-8-11/h4-10H,16-19H2,1-3H3. The van der Waals surface area contributed by atoms with Gasteiger partial charge in [-0.15, -0.1) is 0 Å². The molecule has 0 spiro atoms. The van der Waals surface area contributed by atoms with Crippen LogP contribution in [-0.2, 0) is 16.5 Å². The van der Waals surface area contributed by atoms with Gasteiger partial charge in [0.25, 0.3) is 30.0 Å². The van der Waals surface area contributed by atoms with Crippen LogP contribution in [0.5, 0.6) is 0 Å². The first-order chi connectivity index (χ1) is 9.58. The Morgan fingerprint density at radius 2 is 1.55 bits per heavy atom. The summed E-state index contributed by atoms with van der Waals surface area (Å²) in [5.41, 5.74) is 3.37. The lowest BCUT2D eigenvalue weighted by molar-refractivity contribution is 0.400. The van der Waals surface area contributed by atoms with Crippen molar-refractivity contribution in [3.63, 3.8) is 0 Å². The van der Waals surface area contributed by atoms with E-state index >= 15 is 0 Å². The minimum absolute atomic E-state index is 0.585. The lowest BCUT2D eigenvalue weighted by atomic mass is 10.2. The van der Waals surface area contributed by atoms with Crippen molar-refractivity contribution in [3.8, 4) is 0 Å². The van der Waals surface area contributed by atoms with Gasteiger partial charge in [-0.2, -0.15) is 0 Å². The summed E-state index contributed by atoms with van der Waals surface area (Å²) in [5, 5.41) is 0. The van der Waals surface area contributed by atoms with Crippen LogP contribution in [0.2, 0.25) is 19.6 Å². The molecule has 0 amide bonds. The summed E-state index contributed by atoms with van der Waals surface area (Å²) in [7, 11) is -4.46. The summed E-state index contributed by atoms with van der Waals surface area (Å²) >= 11 is 0. The van der Waals surface area contributed by atoms with E-state index in [9.17, 15) is 0 Å². The molecule has 112 valence electrons. The van der Waals surface area contributed by atoms with Gasteiger partial charge in [-0.3, -0.25) is 0 Å². The molecule has 0 aliphatic carbocycles. The van der Waals surface area contributed by atoms with Crippen LogP contribution in [0.4, 0.5) is 0 Å². The third-order valence-corrected chi connectivity index (χ3v) is 10.9. The largest absolute Gasteiger partial charge is 0.442 e. The second kappa shape index (κ2) is 10.6. The zero-order chi connectivity index (χ0) is 14.7. The molecule has 1 aromatic rings. The van der Waals surface area contributed by atoms with Crippen molar-refractivity contribution in [1.82, 2.24) is 0 Å². The smallest absolute Gasteiger partial charge is 0.286 e. The van der Waals surface area contributed by atoms with Gasteiger partial charge in [0.05, 0.1) is 0 Å². The van der Waals surface area contributed by atoms with Crippen LogP contribution >= 0.6 is 0 Å². The summed E-state index contributed by atoms with van der Waals surface area (Å²) in [4.78, 5) is 0. The Hall–Kier alpha value is -0.116. The Labute approximate surface area is 132 Å². The summed E-state index contributed by atoms with van der Waals surface area (Å²) < 4.78 is 22.3. The minimum atomic E-state index is -1.39. The average molecular weight is 361 g/mol. The first-order valence-corrected chi connectivity index (χ1v) is 14.9. The van der Waals surface area contributed by atoms with Crippen LogP contribution in [0, 0.1) is 0 Å². The molecule has 0 unspecified atom stereocenters. The summed E-state index contributed by atoms with van der Waals surface area (Å²) in [6.07, 6.45) is 2.11. The van der Waals surface area contributed by atoms with Crippen LogP contribution in [0.1, 0.15) is 5.56 Å². The molecule has 0 aliphatic heterocycles. The van der Waals surface area contributed by atoms with Crippen molar-refractivity contribution in [2.75, 3.05) is 0 Å². The lowest BCUT2D eigenvalue weighted by Gasteiger charge is -2.17. The molecule has 0 heterocycles. The second-order valence-electron chi connectivity index (χ2n) is 5.20. The number of hydrogen-bond donors (Lipinski definition) is 0. The maximum Gasteiger partial charge on any atom is 0.286 e. The normalized spacial score (nSPS) is 14.6. The molecule has 4 nitrogen and oxygen atoms in total. The molecule has 0 N–H and O–H groups in total. The quantitative estimate of drug-likeness (QED) is 0.422. The van der Waals surface area contributed by atoms with E-state index in [0.717, 1.165) is 0 Å². The highest BCUT2D eigenvalue weighted by Crippen LogP contribution is 2.00. The van der Waals surface area contributed by atoms with Crippen molar-refractivity contribution in [2.45, 2.75) is 19.6 Å². The molecular formula is C11H24O4Si5. The molecule has 0 saturated carbocycles. The van der Waals surface area contributed by atoms with E-state index in [4.69, 9.17) is 16.5 Å². The van der Waals surface area contributed by atoms with Crippen molar-refractivity contribution in [1.29, 1.82) is 0 Å². The summed E-state index contributed by atoms with van der Waals surface area (Å²) in [6.45, 7) is 6.52. The van der Waals surface area contributed by atoms with Gasteiger partial charge >= 0.3 is 0 Å². The zero-order valence-electron chi connectivity index (χ0n) is 12.5. The number of rotatable bonds is 10. The fraction of sp³-hybridized carbons (Fsp3) is 0.273. The Kier molecular flexibility index (Phi) is 9.49. The van der Waals surface area contributed by atoms with E-state index in [-0.39, 0.29) is 0 Å². The fourth-order valence-electron chi connectivity index (χ4n) is 1.27. The van der Waals surface area contributed by atoms with Crippen LogP contribution in [0.25, 0.3) is 6.08 Å². The lowest BCUT2D eigenvalue weighted by Crippen LogP contribution is -2.29. The molecule has 0 saturated heterocycles. The van der Waals surface area contributed by atoms with E-state index in [1.165, 1.54) is 5.56 Å². The Bertz CT molecular complexity index is 382. The predicted octanol–water partition coefficient (Wildman–Crippen LogP) is -0.361. The second-order valence-corrected chi connectivity index (χ2v) is 17.0. The highest BCUT2D eigenvalue weighted by molar-refractivity contribution is 6.73. The SMILES string of the molecule is C[Si](C)(C)O[SiH2]O[SiH2]O[SiH2]O[SiH2]C=Cc1ccccc1. The highest BCUT2D eigenvalue weighted by atomic mass is 28.4. The fourth-order valence-corrected chi connectivity index (χ4v) is 8.67. The minimum Gasteiger partial charge on any atom is -0.442 e. The Balaban J connectivity index is 1.91. The van der Waals surface area contributed by atoms with Gasteiger partial charge in [-0.25, -0.2) is 0 Å². The molecular weight excluding hydrogens is 337 g/mol. The molecule has 1 rings (SSSR count). The Morgan fingerprint density at radius 3 is 2.25 bits per heavy atom. The highest BCUT2D eigenvalue weighted by Gasteiger charge is 2.13. The van der Waals surface area contributed by atoms with E-state index in [1.807, 2.05) is 18.2 Å². The number of hydrogen-bond acceptors (Lipinski definition) is 4. The maximum atomic E-state index is 5.71. The van der Waals surface area contributed by atoms with Crippen molar-refractivity contribution < 1.29 is 16.5 Å². The van der Waals surface area contributed by atoms with Crippen LogP contribution in [0.3, 0.4) is 0 Å². The van der Waals surface area contributed by atoms with Crippen LogP contribution < -0.4 is 0 Å². The third kappa shape index (κ3) is 10.6. The van der Waals surface area contributed by atoms with Gasteiger partial charge in [-0.1, -0.05) is 42.1 Å². The molecule has 1 aromatic carbocycles. The van der Waals surface area contributed by atoms with Crippen molar-refractivity contribution in [3.05, 3.63) is 41.6 Å². The first-order valence-electron chi connectivity index (χ1n) is 6.67. The first kappa shape index (κ1) is 17.9. The van der Waals surface area contributed by atoms with Gasteiger partial charge < -0.3 is 16.5 Å². The molecule has 20 heavy (non-hydrogen) atoms. The Morgan fingerprint density at radius 1 is 0.900 bits per heavy atom. The number of benzene rings is 1. The topological polar surface area (TPSA) is 36.9 Å². The molecule has 0 aromatic heterocycles. The van der Waals surface area contributed by atoms with Crippen LogP contribution in [0.15, 0.2) is 36.0 Å². The summed E-state index contributed by atoms with van der Waals surface area (Å²) in [6, 6.07) is 10.3. The molecule has 0 atom stereocenters. The van der Waals surface area contributed by atoms with Crippen molar-refractivity contribution >= 4 is 54.2 Å². The molecule has 0 radical (unpaired) electrons. The predicted molar refractivity (Wildman–Crippen MR) is 97.3 cm³/mol. The van der Waals surface area contributed by atoms with Gasteiger partial charge in [0.15, 0.2) is 18.1 Å². The molecule has 0 bridgehead atoms. The van der Waals surface area contributed by atoms with E-state index in [0.29, 0.717) is 0 Å². The molecule has 9 heteroatoms. The van der Waals surface area contributed by atoms with Gasteiger partial charge in [-0.05, 0) is 25.2 Å². The van der Waals surface area contributed by atoms with E-state index in [2.05, 4.69) is 43.5 Å². The monoisotopic (exact) mass is 360 g/mol. The van der Waals surface area contributed by atoms with Gasteiger partial charge in [0, 0.05) is 0 Å². The van der Waals surface area contributed by atoms with Gasteiger partial charge in [0.1, 0.15) is 0 Å². The van der Waals surface area contributed by atoms with Crippen molar-refractivity contribution in [2.24, 2.45) is 0 Å². The zero-order valence-corrected chi connectivity index (χ0v) is 19.2. The van der Waals surface area contributed by atoms with E-state index in [1.54, 1.807) is 0 Å². The maximum absolute atomic E-state index is 5.71. The van der Waals surface area contributed by atoms with E-state index < -0.39 is 48.1 Å². The van der Waals surface area contributed by atoms with Crippen LogP contribution in [-0.4, -0.2) is 48.1 Å². The van der Waals surface area contributed by atoms with Gasteiger partial charge in [0.2, 0.25) is 0 Å². The third-order valence-electron chi connectivity index (χ3n) is 2.23. The molecule has 0 fully saturated rings.